The maximum atomic E-state index is 14.1. The van der Waals surface area contributed by atoms with Gasteiger partial charge in [-0.2, -0.15) is 26.3 Å². The van der Waals surface area contributed by atoms with E-state index >= 15 is 0 Å². The fourth-order valence-electron chi connectivity index (χ4n) is 2.14. The van der Waals surface area contributed by atoms with Gasteiger partial charge in [-0.15, -0.1) is 11.8 Å². The summed E-state index contributed by atoms with van der Waals surface area (Å²) in [5, 5.41) is 2.56. The molecule has 0 amide bonds. The Balaban J connectivity index is 2.18. The van der Waals surface area contributed by atoms with Gasteiger partial charge in [0.2, 0.25) is 0 Å². The molecule has 1 unspecified atom stereocenters. The first kappa shape index (κ1) is 21.7. The highest BCUT2D eigenvalue weighted by atomic mass is 35.5. The lowest BCUT2D eigenvalue weighted by atomic mass is 10.1. The largest absolute Gasteiger partial charge is 0.416 e. The summed E-state index contributed by atoms with van der Waals surface area (Å²) in [6.45, 7) is 1.47. The third kappa shape index (κ3) is 6.21. The van der Waals surface area contributed by atoms with Gasteiger partial charge in [-0.05, 0) is 42.3 Å². The summed E-state index contributed by atoms with van der Waals surface area (Å²) < 4.78 is 89.0. The van der Waals surface area contributed by atoms with Crippen molar-refractivity contribution in [1.29, 1.82) is 0 Å². The van der Waals surface area contributed by atoms with Crippen molar-refractivity contribution in [2.45, 2.75) is 29.7 Å². The molecule has 10 heteroatoms. The van der Waals surface area contributed by atoms with Crippen molar-refractivity contribution in [3.63, 3.8) is 0 Å². The van der Waals surface area contributed by atoms with E-state index in [0.29, 0.717) is 17.3 Å². The number of rotatable bonds is 5. The molecular formula is C17H13ClF7NS. The number of hydrogen-bond donors (Lipinski definition) is 1. The van der Waals surface area contributed by atoms with Crippen molar-refractivity contribution in [1.82, 2.24) is 0 Å². The quantitative estimate of drug-likeness (QED) is 0.233. The summed E-state index contributed by atoms with van der Waals surface area (Å²) in [5.41, 5.74) is -1.51. The normalized spacial score (nSPS) is 13.5. The second-order valence-corrected chi connectivity index (χ2v) is 7.08. The summed E-state index contributed by atoms with van der Waals surface area (Å²) in [4.78, 5) is 0.215. The fraction of sp³-hybridized carbons (Fsp3) is 0.294. The minimum absolute atomic E-state index is 0.148. The minimum Gasteiger partial charge on any atom is -0.363 e. The second kappa shape index (κ2) is 8.18. The molecule has 0 aliphatic heterocycles. The molecule has 1 atom stereocenters. The monoisotopic (exact) mass is 431 g/mol. The Labute approximate surface area is 159 Å². The molecule has 27 heavy (non-hydrogen) atoms. The van der Waals surface area contributed by atoms with Crippen molar-refractivity contribution in [3.05, 3.63) is 58.9 Å². The van der Waals surface area contributed by atoms with E-state index in [0.717, 1.165) is 30.3 Å². The van der Waals surface area contributed by atoms with Crippen LogP contribution >= 0.6 is 23.4 Å². The number of halogens is 8. The predicted molar refractivity (Wildman–Crippen MR) is 91.6 cm³/mol. The molecule has 148 valence electrons. The van der Waals surface area contributed by atoms with E-state index in [-0.39, 0.29) is 16.1 Å². The number of hydrogen-bond acceptors (Lipinski definition) is 2. The maximum absolute atomic E-state index is 14.1. The lowest BCUT2D eigenvalue weighted by Crippen LogP contribution is -2.11. The Hall–Kier alpha value is -1.61. The predicted octanol–water partition coefficient (Wildman–Crippen LogP) is 7.16. The van der Waals surface area contributed by atoms with Gasteiger partial charge in [-0.25, -0.2) is 4.39 Å². The molecule has 0 saturated carbocycles. The van der Waals surface area contributed by atoms with Crippen LogP contribution in [0, 0.1) is 12.7 Å². The average Bonchev–Trinajstić information content (AvgIpc) is 2.54. The topological polar surface area (TPSA) is 12.0 Å². The number of alkyl halides is 7. The summed E-state index contributed by atoms with van der Waals surface area (Å²) in [6, 6.07) is 6.21. The zero-order valence-corrected chi connectivity index (χ0v) is 15.3. The summed E-state index contributed by atoms with van der Waals surface area (Å²) >= 11 is 6.58. The Kier molecular flexibility index (Phi) is 6.57. The molecule has 2 aromatic rings. The molecular weight excluding hydrogens is 419 g/mol. The van der Waals surface area contributed by atoms with Crippen molar-refractivity contribution in [2.24, 2.45) is 0 Å². The number of anilines is 1. The summed E-state index contributed by atoms with van der Waals surface area (Å²) in [6.07, 6.45) is -8.88. The lowest BCUT2D eigenvalue weighted by Gasteiger charge is -2.17. The smallest absolute Gasteiger partial charge is 0.363 e. The van der Waals surface area contributed by atoms with Crippen molar-refractivity contribution in [3.8, 4) is 0 Å². The molecule has 0 aliphatic rings. The first-order valence-corrected chi connectivity index (χ1v) is 8.86. The van der Waals surface area contributed by atoms with Gasteiger partial charge in [-0.1, -0.05) is 23.7 Å². The average molecular weight is 432 g/mol. The molecule has 0 fully saturated rings. The van der Waals surface area contributed by atoms with Crippen LogP contribution in [0.15, 0.2) is 41.3 Å². The van der Waals surface area contributed by atoms with Crippen LogP contribution in [-0.2, 0) is 6.18 Å². The van der Waals surface area contributed by atoms with Gasteiger partial charge in [0.1, 0.15) is 11.3 Å². The highest BCUT2D eigenvalue weighted by Gasteiger charge is 2.30. The lowest BCUT2D eigenvalue weighted by molar-refractivity contribution is -0.137. The van der Waals surface area contributed by atoms with Crippen LogP contribution in [0.5, 0.6) is 0 Å². The van der Waals surface area contributed by atoms with Gasteiger partial charge in [0.15, 0.2) is 0 Å². The van der Waals surface area contributed by atoms with Crippen LogP contribution in [-0.4, -0.2) is 11.9 Å². The Morgan fingerprint density at radius 3 is 2.15 bits per heavy atom. The van der Waals surface area contributed by atoms with E-state index in [1.54, 1.807) is 0 Å². The Morgan fingerprint density at radius 2 is 1.63 bits per heavy atom. The SMILES string of the molecule is Cc1cc(F)c(NC(Cl)c2ccc(C(F)(F)F)cc2)cc1SCC(F)(F)F. The van der Waals surface area contributed by atoms with Crippen LogP contribution in [0.3, 0.4) is 0 Å². The zero-order valence-electron chi connectivity index (χ0n) is 13.7. The van der Waals surface area contributed by atoms with Crippen molar-refractivity contribution >= 4 is 29.1 Å². The molecule has 0 spiro atoms. The molecule has 1 nitrogen and oxygen atoms in total. The van der Waals surface area contributed by atoms with Crippen LogP contribution in [0.1, 0.15) is 22.2 Å². The third-order valence-electron chi connectivity index (χ3n) is 3.47. The van der Waals surface area contributed by atoms with E-state index < -0.39 is 35.0 Å². The molecule has 1 N–H and O–H groups in total. The zero-order chi connectivity index (χ0) is 20.4. The number of benzene rings is 2. The first-order valence-electron chi connectivity index (χ1n) is 7.44. The highest BCUT2D eigenvalue weighted by Crippen LogP contribution is 2.35. The van der Waals surface area contributed by atoms with Crippen molar-refractivity contribution < 1.29 is 30.7 Å². The van der Waals surface area contributed by atoms with E-state index in [4.69, 9.17) is 11.6 Å². The van der Waals surface area contributed by atoms with Gasteiger partial charge in [0, 0.05) is 4.90 Å². The van der Waals surface area contributed by atoms with Gasteiger partial charge in [0.05, 0.1) is 17.0 Å². The Morgan fingerprint density at radius 1 is 1.04 bits per heavy atom. The van der Waals surface area contributed by atoms with Crippen LogP contribution in [0.25, 0.3) is 0 Å². The standard InChI is InChI=1S/C17H13ClF7NS/c1-9-6-12(19)13(7-14(9)27-8-16(20,21)22)26-15(18)10-2-4-11(5-3-10)17(23,24)25/h2-7,15,26H,8H2,1H3. The van der Waals surface area contributed by atoms with Crippen LogP contribution in [0.4, 0.5) is 36.4 Å². The second-order valence-electron chi connectivity index (χ2n) is 5.63. The maximum Gasteiger partial charge on any atom is 0.416 e. The fourth-order valence-corrected chi connectivity index (χ4v) is 3.21. The van der Waals surface area contributed by atoms with E-state index in [9.17, 15) is 30.7 Å². The minimum atomic E-state index is -4.50. The molecule has 0 aromatic heterocycles. The number of nitrogens with one attached hydrogen (secondary N) is 1. The van der Waals surface area contributed by atoms with Crippen molar-refractivity contribution in [2.75, 3.05) is 11.1 Å². The molecule has 2 aromatic carbocycles. The Bertz CT molecular complexity index is 788. The van der Waals surface area contributed by atoms with Gasteiger partial charge in [0.25, 0.3) is 0 Å². The van der Waals surface area contributed by atoms with Gasteiger partial charge < -0.3 is 5.32 Å². The molecule has 0 saturated heterocycles. The van der Waals surface area contributed by atoms with E-state index in [1.807, 2.05) is 0 Å². The number of aryl methyl sites for hydroxylation is 1. The van der Waals surface area contributed by atoms with Crippen LogP contribution < -0.4 is 5.32 Å². The first-order chi connectivity index (χ1) is 12.4. The molecule has 0 aliphatic carbocycles. The third-order valence-corrected chi connectivity index (χ3v) is 5.05. The van der Waals surface area contributed by atoms with E-state index in [2.05, 4.69) is 5.32 Å². The van der Waals surface area contributed by atoms with E-state index in [1.165, 1.54) is 13.0 Å². The summed E-state index contributed by atoms with van der Waals surface area (Å²) in [7, 11) is 0. The van der Waals surface area contributed by atoms with Crippen LogP contribution in [0.2, 0.25) is 0 Å². The molecule has 0 bridgehead atoms. The number of thioether (sulfide) groups is 1. The molecule has 0 radical (unpaired) electrons. The molecule has 0 heterocycles. The highest BCUT2D eigenvalue weighted by molar-refractivity contribution is 7.99. The van der Waals surface area contributed by atoms with Gasteiger partial charge >= 0.3 is 12.4 Å². The molecule has 2 rings (SSSR count). The summed E-state index contributed by atoms with van der Waals surface area (Å²) in [5.74, 6) is -1.87. The van der Waals surface area contributed by atoms with Gasteiger partial charge in [-0.3, -0.25) is 0 Å².